The molecule has 2 aromatic rings. The Labute approximate surface area is 163 Å². The van der Waals surface area contributed by atoms with Crippen molar-refractivity contribution >= 4 is 23.1 Å². The van der Waals surface area contributed by atoms with Crippen molar-refractivity contribution in [2.24, 2.45) is 0 Å². The van der Waals surface area contributed by atoms with Crippen LogP contribution in [0.1, 0.15) is 23.6 Å². The quantitative estimate of drug-likeness (QED) is 0.827. The molecule has 2 amide bonds. The Balaban J connectivity index is 1.77. The van der Waals surface area contributed by atoms with E-state index in [1.54, 1.807) is 19.1 Å². The highest BCUT2D eigenvalue weighted by Gasteiger charge is 2.38. The van der Waals surface area contributed by atoms with Crippen LogP contribution in [0, 0.1) is 13.8 Å². The number of fused-ring (bicyclic) bond motifs is 1. The van der Waals surface area contributed by atoms with Crippen molar-refractivity contribution in [3.8, 4) is 11.5 Å². The summed E-state index contributed by atoms with van der Waals surface area (Å²) in [5.74, 6) is 0.685. The highest BCUT2D eigenvalue weighted by molar-refractivity contribution is 6.36. The molecule has 2 aliphatic heterocycles. The molecule has 0 aromatic heterocycles. The Morgan fingerprint density at radius 3 is 2.39 bits per heavy atom. The number of aryl methyl sites for hydroxylation is 2. The maximum Gasteiger partial charge on any atom is 0.278 e. The molecule has 2 heterocycles. The van der Waals surface area contributed by atoms with Crippen molar-refractivity contribution in [3.63, 3.8) is 0 Å². The number of benzene rings is 2. The highest BCUT2D eigenvalue weighted by atomic mass is 16.6. The number of anilines is 1. The van der Waals surface area contributed by atoms with Crippen LogP contribution in [0.3, 0.4) is 0 Å². The third-order valence-corrected chi connectivity index (χ3v) is 5.09. The van der Waals surface area contributed by atoms with Gasteiger partial charge in [-0.2, -0.15) is 0 Å². The van der Waals surface area contributed by atoms with Crippen molar-refractivity contribution < 1.29 is 19.1 Å². The van der Waals surface area contributed by atoms with Gasteiger partial charge in [-0.3, -0.25) is 14.5 Å². The fourth-order valence-corrected chi connectivity index (χ4v) is 3.41. The number of carbonyl (C=O) groups excluding carboxylic acids is 2. The van der Waals surface area contributed by atoms with E-state index in [1.165, 1.54) is 4.90 Å². The van der Waals surface area contributed by atoms with Gasteiger partial charge in [0.1, 0.15) is 18.9 Å². The van der Waals surface area contributed by atoms with Crippen LogP contribution in [-0.2, 0) is 9.59 Å². The van der Waals surface area contributed by atoms with E-state index in [9.17, 15) is 9.59 Å². The minimum atomic E-state index is -0.324. The number of ether oxygens (including phenoxy) is 2. The van der Waals surface area contributed by atoms with Gasteiger partial charge in [0.05, 0.1) is 5.57 Å². The molecule has 0 bridgehead atoms. The predicted molar refractivity (Wildman–Crippen MR) is 106 cm³/mol. The standard InChI is InChI=1S/C22H22N2O4/c1-4-24-21(25)19(15-6-5-13(2)14(3)11-15)20(22(24)26)23-16-7-8-17-18(12-16)28-10-9-27-17/h5-8,11-12,23H,4,9-10H2,1-3H3. The number of carbonyl (C=O) groups is 2. The Morgan fingerprint density at radius 2 is 1.68 bits per heavy atom. The second-order valence-corrected chi connectivity index (χ2v) is 6.89. The number of hydrogen-bond acceptors (Lipinski definition) is 5. The molecule has 2 aliphatic rings. The normalized spacial score (nSPS) is 16.0. The van der Waals surface area contributed by atoms with Crippen LogP contribution >= 0.6 is 0 Å². The number of hydrogen-bond donors (Lipinski definition) is 1. The molecule has 0 fully saturated rings. The molecule has 1 N–H and O–H groups in total. The third-order valence-electron chi connectivity index (χ3n) is 5.09. The van der Waals surface area contributed by atoms with E-state index in [-0.39, 0.29) is 17.5 Å². The predicted octanol–water partition coefficient (Wildman–Crippen LogP) is 3.29. The second kappa shape index (κ2) is 7.03. The van der Waals surface area contributed by atoms with Crippen molar-refractivity contribution in [3.05, 3.63) is 58.8 Å². The summed E-state index contributed by atoms with van der Waals surface area (Å²) in [7, 11) is 0. The first kappa shape index (κ1) is 18.1. The highest BCUT2D eigenvalue weighted by Crippen LogP contribution is 2.35. The number of amides is 2. The van der Waals surface area contributed by atoms with Gasteiger partial charge in [-0.15, -0.1) is 0 Å². The molecule has 0 spiro atoms. The summed E-state index contributed by atoms with van der Waals surface area (Å²) in [6.45, 7) is 7.11. The lowest BCUT2D eigenvalue weighted by atomic mass is 9.99. The molecule has 0 saturated heterocycles. The van der Waals surface area contributed by atoms with Crippen LogP contribution in [0.25, 0.3) is 5.57 Å². The first-order chi connectivity index (χ1) is 13.5. The van der Waals surface area contributed by atoms with Crippen molar-refractivity contribution in [2.45, 2.75) is 20.8 Å². The number of likely N-dealkylation sites (N-methyl/N-ethyl adjacent to an activating group) is 1. The van der Waals surface area contributed by atoms with E-state index in [4.69, 9.17) is 9.47 Å². The molecule has 0 saturated carbocycles. The minimum absolute atomic E-state index is 0.282. The maximum absolute atomic E-state index is 12.9. The molecule has 6 heteroatoms. The summed E-state index contributed by atoms with van der Waals surface area (Å²) in [5, 5.41) is 3.15. The molecule has 6 nitrogen and oxygen atoms in total. The van der Waals surface area contributed by atoms with Gasteiger partial charge in [0.2, 0.25) is 0 Å². The molecular formula is C22H22N2O4. The summed E-state index contributed by atoms with van der Waals surface area (Å²) in [6, 6.07) is 11.2. The van der Waals surface area contributed by atoms with Crippen LogP contribution in [0.2, 0.25) is 0 Å². The summed E-state index contributed by atoms with van der Waals surface area (Å²) < 4.78 is 11.2. The van der Waals surface area contributed by atoms with Crippen LogP contribution in [-0.4, -0.2) is 36.5 Å². The van der Waals surface area contributed by atoms with Gasteiger partial charge in [0.15, 0.2) is 11.5 Å². The zero-order valence-corrected chi connectivity index (χ0v) is 16.2. The Hall–Kier alpha value is -3.28. The summed E-state index contributed by atoms with van der Waals surface area (Å²) >= 11 is 0. The first-order valence-electron chi connectivity index (χ1n) is 9.34. The largest absolute Gasteiger partial charge is 0.486 e. The number of rotatable bonds is 4. The van der Waals surface area contributed by atoms with E-state index >= 15 is 0 Å². The van der Waals surface area contributed by atoms with Gasteiger partial charge in [-0.1, -0.05) is 18.2 Å². The SMILES string of the molecule is CCN1C(=O)C(Nc2ccc3c(c2)OCCO3)=C(c2ccc(C)c(C)c2)C1=O. The zero-order valence-electron chi connectivity index (χ0n) is 16.2. The van der Waals surface area contributed by atoms with Crippen molar-refractivity contribution in [1.82, 2.24) is 4.90 Å². The van der Waals surface area contributed by atoms with E-state index < -0.39 is 0 Å². The van der Waals surface area contributed by atoms with Crippen LogP contribution in [0.5, 0.6) is 11.5 Å². The average molecular weight is 378 g/mol. The van der Waals surface area contributed by atoms with Crippen molar-refractivity contribution in [1.29, 1.82) is 0 Å². The maximum atomic E-state index is 12.9. The Bertz CT molecular complexity index is 1010. The molecular weight excluding hydrogens is 356 g/mol. The van der Waals surface area contributed by atoms with Gasteiger partial charge >= 0.3 is 0 Å². The van der Waals surface area contributed by atoms with E-state index in [0.29, 0.717) is 42.5 Å². The van der Waals surface area contributed by atoms with E-state index in [0.717, 1.165) is 16.7 Å². The second-order valence-electron chi connectivity index (χ2n) is 6.89. The van der Waals surface area contributed by atoms with Gasteiger partial charge < -0.3 is 14.8 Å². The minimum Gasteiger partial charge on any atom is -0.486 e. The lowest BCUT2D eigenvalue weighted by Gasteiger charge is -2.19. The lowest BCUT2D eigenvalue weighted by Crippen LogP contribution is -2.32. The summed E-state index contributed by atoms with van der Waals surface area (Å²) in [5.41, 5.74) is 4.28. The third kappa shape index (κ3) is 3.01. The Morgan fingerprint density at radius 1 is 0.929 bits per heavy atom. The smallest absolute Gasteiger partial charge is 0.278 e. The fourth-order valence-electron chi connectivity index (χ4n) is 3.41. The topological polar surface area (TPSA) is 67.9 Å². The summed E-state index contributed by atoms with van der Waals surface area (Å²) in [4.78, 5) is 27.1. The van der Waals surface area contributed by atoms with Crippen LogP contribution in [0.15, 0.2) is 42.1 Å². The van der Waals surface area contributed by atoms with Crippen molar-refractivity contribution in [2.75, 3.05) is 25.1 Å². The molecule has 144 valence electrons. The van der Waals surface area contributed by atoms with Gasteiger partial charge in [-0.25, -0.2) is 0 Å². The number of imide groups is 1. The summed E-state index contributed by atoms with van der Waals surface area (Å²) in [6.07, 6.45) is 0. The van der Waals surface area contributed by atoms with Crippen LogP contribution in [0.4, 0.5) is 5.69 Å². The molecule has 0 radical (unpaired) electrons. The monoisotopic (exact) mass is 378 g/mol. The zero-order chi connectivity index (χ0) is 19.8. The van der Waals surface area contributed by atoms with E-state index in [1.807, 2.05) is 38.1 Å². The van der Waals surface area contributed by atoms with Gasteiger partial charge in [0, 0.05) is 18.3 Å². The molecule has 28 heavy (non-hydrogen) atoms. The molecule has 0 unspecified atom stereocenters. The Kier molecular flexibility index (Phi) is 4.55. The number of nitrogens with zero attached hydrogens (tertiary/aromatic N) is 1. The molecule has 2 aromatic carbocycles. The van der Waals surface area contributed by atoms with Crippen LogP contribution < -0.4 is 14.8 Å². The van der Waals surface area contributed by atoms with E-state index in [2.05, 4.69) is 5.32 Å². The fraction of sp³-hybridized carbons (Fsp3) is 0.273. The van der Waals surface area contributed by atoms with Gasteiger partial charge in [0.25, 0.3) is 11.8 Å². The molecule has 0 aliphatic carbocycles. The molecule has 4 rings (SSSR count). The average Bonchev–Trinajstić information content (AvgIpc) is 2.93. The first-order valence-corrected chi connectivity index (χ1v) is 9.34. The molecule has 0 atom stereocenters. The lowest BCUT2D eigenvalue weighted by molar-refractivity contribution is -0.136. The van der Waals surface area contributed by atoms with Gasteiger partial charge in [-0.05, 0) is 49.6 Å². The number of nitrogens with one attached hydrogen (secondary N) is 1.